The number of ketones is 1. The van der Waals surface area contributed by atoms with Crippen LogP contribution in [0.2, 0.25) is 0 Å². The molecule has 1 atom stereocenters. The molecule has 1 fully saturated rings. The standard InChI is InChI=1S/C28H27FN2O/c1-19-15-24(29)12-13-25(19)26(28(32)23-10-7-20(17-30)8-11-23)16-21-9-14-27(31-18-21)22-5-3-2-4-6-22/h7-15,18,22,26H,2-6,16H2,1H3. The predicted octanol–water partition coefficient (Wildman–Crippen LogP) is 6.66. The first-order valence-electron chi connectivity index (χ1n) is 11.3. The Morgan fingerprint density at radius 1 is 1.09 bits per heavy atom. The summed E-state index contributed by atoms with van der Waals surface area (Å²) in [5.74, 6) is -0.269. The summed E-state index contributed by atoms with van der Waals surface area (Å²) in [6, 6.07) is 17.5. The lowest BCUT2D eigenvalue weighted by atomic mass is 9.83. The van der Waals surface area contributed by atoms with Gasteiger partial charge in [0.25, 0.3) is 0 Å². The molecule has 0 amide bonds. The third-order valence-electron chi connectivity index (χ3n) is 6.53. The Kier molecular flexibility index (Phi) is 6.75. The summed E-state index contributed by atoms with van der Waals surface area (Å²) in [6.07, 6.45) is 8.61. The van der Waals surface area contributed by atoms with E-state index in [-0.39, 0.29) is 11.6 Å². The molecule has 3 aromatic rings. The maximum atomic E-state index is 13.7. The van der Waals surface area contributed by atoms with Crippen molar-refractivity contribution in [1.29, 1.82) is 5.26 Å². The number of hydrogen-bond donors (Lipinski definition) is 0. The van der Waals surface area contributed by atoms with Crippen molar-refractivity contribution in [3.63, 3.8) is 0 Å². The van der Waals surface area contributed by atoms with Crippen molar-refractivity contribution in [1.82, 2.24) is 4.98 Å². The minimum Gasteiger partial charge on any atom is -0.293 e. The molecule has 1 unspecified atom stereocenters. The van der Waals surface area contributed by atoms with Crippen LogP contribution < -0.4 is 0 Å². The average molecular weight is 427 g/mol. The van der Waals surface area contributed by atoms with Gasteiger partial charge in [-0.3, -0.25) is 9.78 Å². The molecule has 1 aliphatic rings. The number of benzene rings is 2. The van der Waals surface area contributed by atoms with Crippen LogP contribution in [0.3, 0.4) is 0 Å². The fourth-order valence-electron chi connectivity index (χ4n) is 4.72. The van der Waals surface area contributed by atoms with Crippen LogP contribution in [0.15, 0.2) is 60.8 Å². The normalized spacial score (nSPS) is 15.2. The van der Waals surface area contributed by atoms with Gasteiger partial charge in [0.15, 0.2) is 5.78 Å². The zero-order chi connectivity index (χ0) is 22.5. The molecule has 3 nitrogen and oxygen atoms in total. The Balaban J connectivity index is 1.63. The number of hydrogen-bond acceptors (Lipinski definition) is 3. The number of aryl methyl sites for hydroxylation is 1. The molecule has 0 N–H and O–H groups in total. The summed E-state index contributed by atoms with van der Waals surface area (Å²) in [5.41, 5.74) is 4.76. The highest BCUT2D eigenvalue weighted by Gasteiger charge is 2.25. The van der Waals surface area contributed by atoms with E-state index in [1.165, 1.54) is 44.2 Å². The largest absolute Gasteiger partial charge is 0.293 e. The fourth-order valence-corrected chi connectivity index (χ4v) is 4.72. The molecule has 4 heteroatoms. The lowest BCUT2D eigenvalue weighted by Gasteiger charge is -2.22. The number of rotatable bonds is 6. The van der Waals surface area contributed by atoms with E-state index >= 15 is 0 Å². The molecule has 162 valence electrons. The second-order valence-corrected chi connectivity index (χ2v) is 8.74. The van der Waals surface area contributed by atoms with Gasteiger partial charge < -0.3 is 0 Å². The topological polar surface area (TPSA) is 53.8 Å². The van der Waals surface area contributed by atoms with Gasteiger partial charge in [-0.05, 0) is 73.2 Å². The number of halogens is 1. The highest BCUT2D eigenvalue weighted by atomic mass is 19.1. The molecule has 0 aliphatic heterocycles. The van der Waals surface area contributed by atoms with Crippen molar-refractivity contribution >= 4 is 5.78 Å². The van der Waals surface area contributed by atoms with Gasteiger partial charge in [0, 0.05) is 23.4 Å². The first-order chi connectivity index (χ1) is 15.5. The van der Waals surface area contributed by atoms with Gasteiger partial charge in [-0.1, -0.05) is 43.5 Å². The number of pyridine rings is 1. The van der Waals surface area contributed by atoms with Crippen molar-refractivity contribution in [2.24, 2.45) is 0 Å². The van der Waals surface area contributed by atoms with E-state index in [1.54, 1.807) is 30.3 Å². The quantitative estimate of drug-likeness (QED) is 0.414. The van der Waals surface area contributed by atoms with Crippen molar-refractivity contribution in [2.75, 3.05) is 0 Å². The zero-order valence-electron chi connectivity index (χ0n) is 18.4. The van der Waals surface area contributed by atoms with Crippen LogP contribution in [0, 0.1) is 24.1 Å². The first kappa shape index (κ1) is 21.9. The molecule has 0 spiro atoms. The second kappa shape index (κ2) is 9.87. The van der Waals surface area contributed by atoms with E-state index in [2.05, 4.69) is 18.2 Å². The molecule has 1 aromatic heterocycles. The number of nitrogens with zero attached hydrogens (tertiary/aromatic N) is 2. The van der Waals surface area contributed by atoms with Crippen LogP contribution in [0.5, 0.6) is 0 Å². The Bertz CT molecular complexity index is 1120. The lowest BCUT2D eigenvalue weighted by molar-refractivity contribution is 0.0958. The van der Waals surface area contributed by atoms with Crippen LogP contribution >= 0.6 is 0 Å². The Morgan fingerprint density at radius 2 is 1.84 bits per heavy atom. The number of aromatic nitrogens is 1. The molecule has 32 heavy (non-hydrogen) atoms. The smallest absolute Gasteiger partial charge is 0.170 e. The number of nitriles is 1. The molecule has 0 saturated heterocycles. The molecule has 0 bridgehead atoms. The first-order valence-corrected chi connectivity index (χ1v) is 11.3. The van der Waals surface area contributed by atoms with Crippen LogP contribution in [0.1, 0.15) is 82.2 Å². The van der Waals surface area contributed by atoms with Crippen LogP contribution in [0.4, 0.5) is 4.39 Å². The average Bonchev–Trinajstić information content (AvgIpc) is 2.83. The molecule has 1 heterocycles. The minimum atomic E-state index is -0.453. The summed E-state index contributed by atoms with van der Waals surface area (Å²) in [7, 11) is 0. The Labute approximate surface area is 188 Å². The number of carbonyl (C=O) groups excluding carboxylic acids is 1. The zero-order valence-corrected chi connectivity index (χ0v) is 18.4. The van der Waals surface area contributed by atoms with E-state index in [4.69, 9.17) is 10.2 Å². The highest BCUT2D eigenvalue weighted by molar-refractivity contribution is 6.01. The van der Waals surface area contributed by atoms with Gasteiger partial charge in [0.1, 0.15) is 5.82 Å². The van der Waals surface area contributed by atoms with Gasteiger partial charge in [-0.15, -0.1) is 0 Å². The molecule has 1 saturated carbocycles. The summed E-state index contributed by atoms with van der Waals surface area (Å²) in [5, 5.41) is 9.05. The van der Waals surface area contributed by atoms with Crippen LogP contribution in [-0.2, 0) is 6.42 Å². The molecular weight excluding hydrogens is 399 g/mol. The summed E-state index contributed by atoms with van der Waals surface area (Å²) in [4.78, 5) is 18.2. The maximum absolute atomic E-state index is 13.7. The maximum Gasteiger partial charge on any atom is 0.170 e. The van der Waals surface area contributed by atoms with Crippen LogP contribution in [-0.4, -0.2) is 10.8 Å². The molecule has 0 radical (unpaired) electrons. The van der Waals surface area contributed by atoms with E-state index < -0.39 is 5.92 Å². The van der Waals surface area contributed by atoms with Crippen molar-refractivity contribution < 1.29 is 9.18 Å². The Morgan fingerprint density at radius 3 is 2.47 bits per heavy atom. The van der Waals surface area contributed by atoms with E-state index in [0.717, 1.165) is 22.4 Å². The Hall–Kier alpha value is -3.32. The lowest BCUT2D eigenvalue weighted by Crippen LogP contribution is -2.17. The van der Waals surface area contributed by atoms with Crippen LogP contribution in [0.25, 0.3) is 0 Å². The van der Waals surface area contributed by atoms with Gasteiger partial charge in [-0.2, -0.15) is 5.26 Å². The minimum absolute atomic E-state index is 0.0412. The van der Waals surface area contributed by atoms with E-state index in [9.17, 15) is 9.18 Å². The summed E-state index contributed by atoms with van der Waals surface area (Å²) >= 11 is 0. The number of Topliss-reactive ketones (excluding diaryl/α,β-unsaturated/α-hetero) is 1. The predicted molar refractivity (Wildman–Crippen MR) is 123 cm³/mol. The highest BCUT2D eigenvalue weighted by Crippen LogP contribution is 2.32. The van der Waals surface area contributed by atoms with E-state index in [1.807, 2.05) is 13.1 Å². The molecular formula is C28H27FN2O. The van der Waals surface area contributed by atoms with Crippen molar-refractivity contribution in [2.45, 2.75) is 57.3 Å². The van der Waals surface area contributed by atoms with Crippen molar-refractivity contribution in [3.05, 3.63) is 100 Å². The second-order valence-electron chi connectivity index (χ2n) is 8.74. The van der Waals surface area contributed by atoms with Gasteiger partial charge in [-0.25, -0.2) is 4.39 Å². The third kappa shape index (κ3) is 4.94. The molecule has 1 aliphatic carbocycles. The van der Waals surface area contributed by atoms with Crippen molar-refractivity contribution in [3.8, 4) is 6.07 Å². The number of carbonyl (C=O) groups is 1. The summed E-state index contributed by atoms with van der Waals surface area (Å²) in [6.45, 7) is 1.84. The SMILES string of the molecule is Cc1cc(F)ccc1C(Cc1ccc(C2CCCCC2)nc1)C(=O)c1ccc(C#N)cc1. The fraction of sp³-hybridized carbons (Fsp3) is 0.321. The third-order valence-corrected chi connectivity index (χ3v) is 6.53. The van der Waals surface area contributed by atoms with Gasteiger partial charge >= 0.3 is 0 Å². The monoisotopic (exact) mass is 426 g/mol. The molecule has 2 aromatic carbocycles. The summed E-state index contributed by atoms with van der Waals surface area (Å²) < 4.78 is 13.7. The van der Waals surface area contributed by atoms with Gasteiger partial charge in [0.05, 0.1) is 17.6 Å². The van der Waals surface area contributed by atoms with E-state index in [0.29, 0.717) is 23.5 Å². The molecule has 4 rings (SSSR count). The van der Waals surface area contributed by atoms with Gasteiger partial charge in [0.2, 0.25) is 0 Å².